The molecule has 1 saturated heterocycles. The average molecular weight is 310 g/mol. The first-order chi connectivity index (χ1) is 10.7. The molecule has 0 radical (unpaired) electrons. The minimum Gasteiger partial charge on any atom is -0.389 e. The highest BCUT2D eigenvalue weighted by Gasteiger charge is 2.20. The molecule has 1 aromatic carbocycles. The standard InChI is InChI=1S/C17H27FN2O2/c1-2-3-12-22-14-15(21)13-19-8-10-20(11-9-19)17-7-5-4-6-16(17)18/h4-7,15,21H,2-3,8-14H2,1H3/t15-/m1/s1. The molecule has 1 heterocycles. The Morgan fingerprint density at radius 2 is 1.95 bits per heavy atom. The third-order valence-electron chi connectivity index (χ3n) is 3.99. The van der Waals surface area contributed by atoms with Crippen molar-refractivity contribution < 1.29 is 14.2 Å². The van der Waals surface area contributed by atoms with Crippen molar-refractivity contribution in [3.05, 3.63) is 30.1 Å². The number of anilines is 1. The maximum absolute atomic E-state index is 13.8. The number of para-hydroxylation sites is 1. The summed E-state index contributed by atoms with van der Waals surface area (Å²) in [6.07, 6.45) is 1.69. The SMILES string of the molecule is CCCCOC[C@H](O)CN1CCN(c2ccccc2F)CC1. The summed E-state index contributed by atoms with van der Waals surface area (Å²) in [4.78, 5) is 4.28. The van der Waals surface area contributed by atoms with Crippen LogP contribution in [0.1, 0.15) is 19.8 Å². The Kier molecular flexibility index (Phi) is 7.09. The van der Waals surface area contributed by atoms with Gasteiger partial charge < -0.3 is 14.7 Å². The van der Waals surface area contributed by atoms with E-state index in [-0.39, 0.29) is 5.82 Å². The summed E-state index contributed by atoms with van der Waals surface area (Å²) in [5.74, 6) is -0.166. The van der Waals surface area contributed by atoms with E-state index in [2.05, 4.69) is 16.7 Å². The van der Waals surface area contributed by atoms with Crippen molar-refractivity contribution in [2.24, 2.45) is 0 Å². The molecular formula is C17H27FN2O2. The fourth-order valence-electron chi connectivity index (χ4n) is 2.70. The second kappa shape index (κ2) is 9.08. The second-order valence-electron chi connectivity index (χ2n) is 5.82. The number of halogens is 1. The fraction of sp³-hybridized carbons (Fsp3) is 0.647. The van der Waals surface area contributed by atoms with Gasteiger partial charge in [0.15, 0.2) is 0 Å². The molecule has 1 aliphatic heterocycles. The van der Waals surface area contributed by atoms with E-state index in [9.17, 15) is 9.50 Å². The van der Waals surface area contributed by atoms with Gasteiger partial charge in [0.1, 0.15) is 5.82 Å². The van der Waals surface area contributed by atoms with E-state index in [1.54, 1.807) is 6.07 Å². The van der Waals surface area contributed by atoms with Crippen molar-refractivity contribution >= 4 is 5.69 Å². The summed E-state index contributed by atoms with van der Waals surface area (Å²) in [5, 5.41) is 9.99. The lowest BCUT2D eigenvalue weighted by atomic mass is 10.2. The van der Waals surface area contributed by atoms with Crippen LogP contribution in [0, 0.1) is 5.82 Å². The minimum absolute atomic E-state index is 0.166. The third-order valence-corrected chi connectivity index (χ3v) is 3.99. The largest absolute Gasteiger partial charge is 0.389 e. The molecule has 124 valence electrons. The quantitative estimate of drug-likeness (QED) is 0.746. The van der Waals surface area contributed by atoms with E-state index in [0.717, 1.165) is 39.0 Å². The van der Waals surface area contributed by atoms with Gasteiger partial charge in [0.2, 0.25) is 0 Å². The van der Waals surface area contributed by atoms with Crippen LogP contribution in [0.5, 0.6) is 0 Å². The number of aliphatic hydroxyl groups excluding tert-OH is 1. The van der Waals surface area contributed by atoms with Crippen molar-refractivity contribution in [1.29, 1.82) is 0 Å². The minimum atomic E-state index is -0.447. The lowest BCUT2D eigenvalue weighted by molar-refractivity contribution is 0.0150. The number of unbranched alkanes of at least 4 members (excludes halogenated alkanes) is 1. The second-order valence-corrected chi connectivity index (χ2v) is 5.82. The maximum atomic E-state index is 13.8. The van der Waals surface area contributed by atoms with Crippen LogP contribution in [0.15, 0.2) is 24.3 Å². The highest BCUT2D eigenvalue weighted by atomic mass is 19.1. The van der Waals surface area contributed by atoms with Crippen molar-refractivity contribution in [3.63, 3.8) is 0 Å². The normalized spacial score (nSPS) is 17.7. The highest BCUT2D eigenvalue weighted by molar-refractivity contribution is 5.47. The Morgan fingerprint density at radius 1 is 1.23 bits per heavy atom. The van der Waals surface area contributed by atoms with Crippen LogP contribution >= 0.6 is 0 Å². The molecule has 1 atom stereocenters. The van der Waals surface area contributed by atoms with Crippen LogP contribution < -0.4 is 4.90 Å². The van der Waals surface area contributed by atoms with Crippen LogP contribution in [0.25, 0.3) is 0 Å². The number of rotatable bonds is 8. The van der Waals surface area contributed by atoms with E-state index in [4.69, 9.17) is 4.74 Å². The van der Waals surface area contributed by atoms with Crippen LogP contribution in [0.3, 0.4) is 0 Å². The molecule has 0 aromatic heterocycles. The summed E-state index contributed by atoms with van der Waals surface area (Å²) in [7, 11) is 0. The Balaban J connectivity index is 1.70. The molecule has 0 amide bonds. The first-order valence-corrected chi connectivity index (χ1v) is 8.18. The molecule has 0 unspecified atom stereocenters. The van der Waals surface area contributed by atoms with Gasteiger partial charge in [0, 0.05) is 39.3 Å². The summed E-state index contributed by atoms with van der Waals surface area (Å²) in [6, 6.07) is 6.90. The molecule has 0 aliphatic carbocycles. The van der Waals surface area contributed by atoms with E-state index in [0.29, 0.717) is 25.4 Å². The molecule has 1 N–H and O–H groups in total. The molecule has 0 saturated carbocycles. The number of benzene rings is 1. The van der Waals surface area contributed by atoms with Gasteiger partial charge in [-0.05, 0) is 18.6 Å². The average Bonchev–Trinajstić information content (AvgIpc) is 2.53. The Morgan fingerprint density at radius 3 is 2.64 bits per heavy atom. The number of hydrogen-bond donors (Lipinski definition) is 1. The monoisotopic (exact) mass is 310 g/mol. The summed E-state index contributed by atoms with van der Waals surface area (Å²) < 4.78 is 19.2. The smallest absolute Gasteiger partial charge is 0.146 e. The van der Waals surface area contributed by atoms with E-state index in [1.165, 1.54) is 6.07 Å². The van der Waals surface area contributed by atoms with Gasteiger partial charge in [-0.25, -0.2) is 4.39 Å². The number of ether oxygens (including phenoxy) is 1. The number of piperazine rings is 1. The number of hydrogen-bond acceptors (Lipinski definition) is 4. The Hall–Kier alpha value is -1.17. The number of β-amino-alcohol motifs (C(OH)–C–C–N with tert-alkyl or cyclic N) is 1. The molecule has 5 heteroatoms. The van der Waals surface area contributed by atoms with Crippen molar-refractivity contribution in [2.45, 2.75) is 25.9 Å². The maximum Gasteiger partial charge on any atom is 0.146 e. The van der Waals surface area contributed by atoms with E-state index >= 15 is 0 Å². The van der Waals surface area contributed by atoms with Gasteiger partial charge in [0.05, 0.1) is 18.4 Å². The van der Waals surface area contributed by atoms with Gasteiger partial charge >= 0.3 is 0 Å². The zero-order valence-electron chi connectivity index (χ0n) is 13.4. The molecule has 22 heavy (non-hydrogen) atoms. The zero-order chi connectivity index (χ0) is 15.8. The lowest BCUT2D eigenvalue weighted by Crippen LogP contribution is -2.49. The van der Waals surface area contributed by atoms with Gasteiger partial charge in [-0.1, -0.05) is 25.5 Å². The molecule has 1 aliphatic rings. The third kappa shape index (κ3) is 5.23. The molecular weight excluding hydrogens is 283 g/mol. The molecule has 2 rings (SSSR count). The van der Waals surface area contributed by atoms with Crippen molar-refractivity contribution in [2.75, 3.05) is 50.8 Å². The highest BCUT2D eigenvalue weighted by Crippen LogP contribution is 2.20. The molecule has 1 aromatic rings. The summed E-state index contributed by atoms with van der Waals surface area (Å²) in [5.41, 5.74) is 0.672. The molecule has 1 fully saturated rings. The van der Waals surface area contributed by atoms with Crippen molar-refractivity contribution in [3.8, 4) is 0 Å². The summed E-state index contributed by atoms with van der Waals surface area (Å²) >= 11 is 0. The number of nitrogens with zero attached hydrogens (tertiary/aromatic N) is 2. The van der Waals surface area contributed by atoms with Gasteiger partial charge in [-0.2, -0.15) is 0 Å². The zero-order valence-corrected chi connectivity index (χ0v) is 13.4. The predicted octanol–water partition coefficient (Wildman–Crippen LogP) is 2.13. The van der Waals surface area contributed by atoms with E-state index < -0.39 is 6.10 Å². The van der Waals surface area contributed by atoms with Crippen LogP contribution in [-0.4, -0.2) is 62.0 Å². The van der Waals surface area contributed by atoms with E-state index in [1.807, 2.05) is 12.1 Å². The molecule has 4 nitrogen and oxygen atoms in total. The van der Waals surface area contributed by atoms with Crippen molar-refractivity contribution in [1.82, 2.24) is 4.90 Å². The number of aliphatic hydroxyl groups is 1. The first-order valence-electron chi connectivity index (χ1n) is 8.18. The fourth-order valence-corrected chi connectivity index (χ4v) is 2.70. The van der Waals surface area contributed by atoms with Gasteiger partial charge in [-0.15, -0.1) is 0 Å². The van der Waals surface area contributed by atoms with Crippen LogP contribution in [0.4, 0.5) is 10.1 Å². The van der Waals surface area contributed by atoms with Gasteiger partial charge in [0.25, 0.3) is 0 Å². The predicted molar refractivity (Wildman–Crippen MR) is 86.8 cm³/mol. The Labute approximate surface area is 132 Å². The van der Waals surface area contributed by atoms with Crippen LogP contribution in [0.2, 0.25) is 0 Å². The topological polar surface area (TPSA) is 35.9 Å². The lowest BCUT2D eigenvalue weighted by Gasteiger charge is -2.36. The van der Waals surface area contributed by atoms with Crippen LogP contribution in [-0.2, 0) is 4.74 Å². The molecule has 0 spiro atoms. The van der Waals surface area contributed by atoms with Gasteiger partial charge in [-0.3, -0.25) is 4.90 Å². The Bertz CT molecular complexity index is 436. The molecule has 0 bridgehead atoms. The summed E-state index contributed by atoms with van der Waals surface area (Å²) in [6.45, 7) is 7.09. The first kappa shape index (κ1) is 17.2.